The summed E-state index contributed by atoms with van der Waals surface area (Å²) < 4.78 is 0. The Bertz CT molecular complexity index is 536. The van der Waals surface area contributed by atoms with Crippen molar-refractivity contribution in [2.75, 3.05) is 13.1 Å². The van der Waals surface area contributed by atoms with E-state index in [9.17, 15) is 9.59 Å². The maximum Gasteiger partial charge on any atom is 0.308 e. The normalized spacial score (nSPS) is 19.2. The van der Waals surface area contributed by atoms with Crippen LogP contribution in [0.15, 0.2) is 30.3 Å². The van der Waals surface area contributed by atoms with Crippen LogP contribution in [0.2, 0.25) is 0 Å². The lowest BCUT2D eigenvalue weighted by atomic mass is 9.98. The van der Waals surface area contributed by atoms with E-state index in [2.05, 4.69) is 0 Å². The Kier molecular flexibility index (Phi) is 4.56. The molecule has 20 heavy (non-hydrogen) atoms. The van der Waals surface area contributed by atoms with Gasteiger partial charge in [-0.05, 0) is 37.0 Å². The fraction of sp³-hybridized carbons (Fsp3) is 0.375. The number of benzene rings is 1. The third kappa shape index (κ3) is 3.47. The molecule has 0 bridgehead atoms. The summed E-state index contributed by atoms with van der Waals surface area (Å²) in [4.78, 5) is 24.7. The van der Waals surface area contributed by atoms with Crippen molar-refractivity contribution in [3.8, 4) is 0 Å². The third-order valence-electron chi connectivity index (χ3n) is 3.68. The van der Waals surface area contributed by atoms with Gasteiger partial charge in [-0.15, -0.1) is 0 Å². The van der Waals surface area contributed by atoms with Crippen molar-refractivity contribution in [2.24, 2.45) is 5.92 Å². The standard InChI is InChI=1S/C16H19NO3/c1-12-5-2-3-6-13(12)8-9-15(18)17-10-4-7-14(11-17)16(19)20/h2-3,5-6,8-9,14H,4,7,10-11H2,1H3,(H,19,20)/b9-8+/t14-/m1/s1. The molecule has 1 fully saturated rings. The molecule has 1 aromatic rings. The number of carbonyl (C=O) groups is 2. The summed E-state index contributed by atoms with van der Waals surface area (Å²) >= 11 is 0. The second-order valence-corrected chi connectivity index (χ2v) is 5.15. The van der Waals surface area contributed by atoms with Crippen LogP contribution in [-0.4, -0.2) is 35.0 Å². The number of likely N-dealkylation sites (tertiary alicyclic amines) is 1. The molecule has 4 heteroatoms. The highest BCUT2D eigenvalue weighted by atomic mass is 16.4. The molecular weight excluding hydrogens is 254 g/mol. The Balaban J connectivity index is 2.01. The van der Waals surface area contributed by atoms with Crippen LogP contribution in [0.1, 0.15) is 24.0 Å². The maximum absolute atomic E-state index is 12.1. The molecule has 0 unspecified atom stereocenters. The number of carboxylic acids is 1. The molecule has 1 amide bonds. The zero-order chi connectivity index (χ0) is 14.5. The van der Waals surface area contributed by atoms with Crippen molar-refractivity contribution in [3.05, 3.63) is 41.5 Å². The lowest BCUT2D eigenvalue weighted by molar-refractivity contribution is -0.144. The van der Waals surface area contributed by atoms with Crippen molar-refractivity contribution < 1.29 is 14.7 Å². The summed E-state index contributed by atoms with van der Waals surface area (Å²) in [6.45, 7) is 2.94. The smallest absolute Gasteiger partial charge is 0.308 e. The molecule has 106 valence electrons. The minimum atomic E-state index is -0.814. The number of hydrogen-bond acceptors (Lipinski definition) is 2. The van der Waals surface area contributed by atoms with E-state index in [1.165, 1.54) is 6.08 Å². The third-order valence-corrected chi connectivity index (χ3v) is 3.68. The van der Waals surface area contributed by atoms with Crippen molar-refractivity contribution in [3.63, 3.8) is 0 Å². The molecule has 2 rings (SSSR count). The molecular formula is C16H19NO3. The molecule has 0 aromatic heterocycles. The van der Waals surface area contributed by atoms with Gasteiger partial charge in [-0.3, -0.25) is 9.59 Å². The van der Waals surface area contributed by atoms with Crippen molar-refractivity contribution in [1.82, 2.24) is 4.90 Å². The lowest BCUT2D eigenvalue weighted by Crippen LogP contribution is -2.41. The highest BCUT2D eigenvalue weighted by Crippen LogP contribution is 2.17. The average Bonchev–Trinajstić information content (AvgIpc) is 2.46. The summed E-state index contributed by atoms with van der Waals surface area (Å²) in [6, 6.07) is 7.83. The van der Waals surface area contributed by atoms with E-state index in [0.717, 1.165) is 17.5 Å². The van der Waals surface area contributed by atoms with E-state index in [0.29, 0.717) is 19.5 Å². The molecule has 1 heterocycles. The highest BCUT2D eigenvalue weighted by molar-refractivity contribution is 5.92. The fourth-order valence-corrected chi connectivity index (χ4v) is 2.42. The number of carbonyl (C=O) groups excluding carboxylic acids is 1. The highest BCUT2D eigenvalue weighted by Gasteiger charge is 2.26. The zero-order valence-corrected chi connectivity index (χ0v) is 11.6. The van der Waals surface area contributed by atoms with Crippen LogP contribution in [0.25, 0.3) is 6.08 Å². The number of carboxylic acid groups (broad SMARTS) is 1. The molecule has 0 saturated carbocycles. The number of aliphatic carboxylic acids is 1. The second kappa shape index (κ2) is 6.37. The fourth-order valence-electron chi connectivity index (χ4n) is 2.42. The van der Waals surface area contributed by atoms with Gasteiger partial charge in [-0.2, -0.15) is 0 Å². The van der Waals surface area contributed by atoms with Gasteiger partial charge < -0.3 is 10.0 Å². The summed E-state index contributed by atoms with van der Waals surface area (Å²) in [5.41, 5.74) is 2.12. The number of amides is 1. The SMILES string of the molecule is Cc1ccccc1/C=C/C(=O)N1CCC[C@@H](C(=O)O)C1. The van der Waals surface area contributed by atoms with Crippen molar-refractivity contribution in [1.29, 1.82) is 0 Å². The molecule has 1 aliphatic rings. The minimum Gasteiger partial charge on any atom is -0.481 e. The Hall–Kier alpha value is -2.10. The topological polar surface area (TPSA) is 57.6 Å². The van der Waals surface area contributed by atoms with Gasteiger partial charge in [-0.25, -0.2) is 0 Å². The first-order valence-electron chi connectivity index (χ1n) is 6.83. The Morgan fingerprint density at radius 1 is 1.35 bits per heavy atom. The van der Waals surface area contributed by atoms with Crippen LogP contribution in [0.5, 0.6) is 0 Å². The first-order valence-corrected chi connectivity index (χ1v) is 6.83. The van der Waals surface area contributed by atoms with Crippen LogP contribution in [-0.2, 0) is 9.59 Å². The molecule has 0 radical (unpaired) electrons. The van der Waals surface area contributed by atoms with Gasteiger partial charge in [0.05, 0.1) is 5.92 Å². The predicted molar refractivity (Wildman–Crippen MR) is 77.2 cm³/mol. The van der Waals surface area contributed by atoms with E-state index in [4.69, 9.17) is 5.11 Å². The number of piperidine rings is 1. The molecule has 0 aliphatic carbocycles. The Morgan fingerprint density at radius 2 is 2.10 bits per heavy atom. The Labute approximate surface area is 118 Å². The van der Waals surface area contributed by atoms with E-state index in [1.54, 1.807) is 11.0 Å². The summed E-state index contributed by atoms with van der Waals surface area (Å²) in [7, 11) is 0. The first kappa shape index (κ1) is 14.3. The molecule has 4 nitrogen and oxygen atoms in total. The number of aryl methyl sites for hydroxylation is 1. The second-order valence-electron chi connectivity index (χ2n) is 5.15. The molecule has 1 N–H and O–H groups in total. The molecule has 1 atom stereocenters. The maximum atomic E-state index is 12.1. The Morgan fingerprint density at radius 3 is 2.80 bits per heavy atom. The first-order chi connectivity index (χ1) is 9.58. The summed E-state index contributed by atoms with van der Waals surface area (Å²) in [5, 5.41) is 9.03. The molecule has 1 saturated heterocycles. The quantitative estimate of drug-likeness (QED) is 0.860. The van der Waals surface area contributed by atoms with E-state index in [1.807, 2.05) is 31.2 Å². The zero-order valence-electron chi connectivity index (χ0n) is 11.6. The summed E-state index contributed by atoms with van der Waals surface area (Å²) in [6.07, 6.45) is 4.73. The van der Waals surface area contributed by atoms with E-state index < -0.39 is 11.9 Å². The van der Waals surface area contributed by atoms with Gasteiger partial charge in [0.1, 0.15) is 0 Å². The molecule has 1 aliphatic heterocycles. The van der Waals surface area contributed by atoms with Crippen LogP contribution in [0.4, 0.5) is 0 Å². The van der Waals surface area contributed by atoms with Crippen LogP contribution in [0, 0.1) is 12.8 Å². The van der Waals surface area contributed by atoms with E-state index >= 15 is 0 Å². The van der Waals surface area contributed by atoms with Crippen LogP contribution >= 0.6 is 0 Å². The number of nitrogens with zero attached hydrogens (tertiary/aromatic N) is 1. The van der Waals surface area contributed by atoms with Crippen molar-refractivity contribution in [2.45, 2.75) is 19.8 Å². The van der Waals surface area contributed by atoms with Crippen LogP contribution in [0.3, 0.4) is 0 Å². The average molecular weight is 273 g/mol. The van der Waals surface area contributed by atoms with Gasteiger partial charge in [0.15, 0.2) is 0 Å². The van der Waals surface area contributed by atoms with Gasteiger partial charge in [0.25, 0.3) is 0 Å². The number of rotatable bonds is 3. The monoisotopic (exact) mass is 273 g/mol. The van der Waals surface area contributed by atoms with E-state index in [-0.39, 0.29) is 5.91 Å². The minimum absolute atomic E-state index is 0.112. The van der Waals surface area contributed by atoms with Crippen LogP contribution < -0.4 is 0 Å². The summed E-state index contributed by atoms with van der Waals surface area (Å²) in [5.74, 6) is -1.36. The van der Waals surface area contributed by atoms with Gasteiger partial charge in [-0.1, -0.05) is 24.3 Å². The molecule has 1 aromatic carbocycles. The predicted octanol–water partition coefficient (Wildman–Crippen LogP) is 2.33. The van der Waals surface area contributed by atoms with Gasteiger partial charge >= 0.3 is 5.97 Å². The van der Waals surface area contributed by atoms with Gasteiger partial charge in [0.2, 0.25) is 5.91 Å². The van der Waals surface area contributed by atoms with Gasteiger partial charge in [0, 0.05) is 19.2 Å². The number of hydrogen-bond donors (Lipinski definition) is 1. The van der Waals surface area contributed by atoms with Crippen molar-refractivity contribution >= 4 is 18.0 Å². The largest absolute Gasteiger partial charge is 0.481 e. The lowest BCUT2D eigenvalue weighted by Gasteiger charge is -2.29. The molecule has 0 spiro atoms.